The van der Waals surface area contributed by atoms with Crippen LogP contribution in [-0.2, 0) is 22.3 Å². The summed E-state index contributed by atoms with van der Waals surface area (Å²) in [6, 6.07) is 28.2. The van der Waals surface area contributed by atoms with E-state index >= 15 is 0 Å². The van der Waals surface area contributed by atoms with Crippen molar-refractivity contribution < 1.29 is 13.8 Å². The van der Waals surface area contributed by atoms with Crippen LogP contribution in [0.25, 0.3) is 0 Å². The lowest BCUT2D eigenvalue weighted by molar-refractivity contribution is 0.215. The van der Waals surface area contributed by atoms with Crippen molar-refractivity contribution in [3.8, 4) is 5.75 Å². The van der Waals surface area contributed by atoms with E-state index in [0.717, 1.165) is 16.9 Å². The van der Waals surface area contributed by atoms with Gasteiger partial charge in [0.05, 0.1) is 13.2 Å². The third kappa shape index (κ3) is 8.22. The molecular formula is C24H29O3P. The van der Waals surface area contributed by atoms with Crippen molar-refractivity contribution in [2.75, 3.05) is 6.35 Å². The Labute approximate surface area is 170 Å². The molecule has 0 N–H and O–H groups in total. The van der Waals surface area contributed by atoms with Gasteiger partial charge in [0.1, 0.15) is 5.75 Å². The quantitative estimate of drug-likeness (QED) is 0.361. The molecular weight excluding hydrogens is 367 g/mol. The maximum absolute atomic E-state index is 6.01. The minimum atomic E-state index is -1.16. The molecule has 0 aliphatic carbocycles. The third-order valence-electron chi connectivity index (χ3n) is 3.79. The van der Waals surface area contributed by atoms with Gasteiger partial charge in [-0.25, -0.2) is 0 Å². The van der Waals surface area contributed by atoms with Crippen LogP contribution in [0.1, 0.15) is 30.5 Å². The lowest BCUT2D eigenvalue weighted by Gasteiger charge is -2.18. The topological polar surface area (TPSA) is 27.7 Å². The molecule has 0 spiro atoms. The number of hydrogen-bond acceptors (Lipinski definition) is 3. The van der Waals surface area contributed by atoms with Crippen LogP contribution >= 0.6 is 8.38 Å². The van der Waals surface area contributed by atoms with Crippen LogP contribution < -0.4 is 4.74 Å². The summed E-state index contributed by atoms with van der Waals surface area (Å²) in [7, 11) is -1.16. The highest BCUT2D eigenvalue weighted by Crippen LogP contribution is 2.40. The molecule has 3 aromatic rings. The Morgan fingerprint density at radius 1 is 0.643 bits per heavy atom. The second-order valence-electron chi connectivity index (χ2n) is 5.94. The molecule has 0 aliphatic rings. The zero-order valence-corrected chi connectivity index (χ0v) is 17.8. The fraction of sp³-hybridized carbons (Fsp3) is 0.250. The molecule has 4 heteroatoms. The molecule has 0 aliphatic heterocycles. The van der Waals surface area contributed by atoms with Gasteiger partial charge in [-0.3, -0.25) is 0 Å². The van der Waals surface area contributed by atoms with E-state index < -0.39 is 8.38 Å². The van der Waals surface area contributed by atoms with E-state index in [-0.39, 0.29) is 0 Å². The van der Waals surface area contributed by atoms with Crippen molar-refractivity contribution in [2.24, 2.45) is 0 Å². The van der Waals surface area contributed by atoms with Crippen molar-refractivity contribution in [1.29, 1.82) is 0 Å². The first kappa shape index (κ1) is 22.1. The Hall–Kier alpha value is -2.19. The summed E-state index contributed by atoms with van der Waals surface area (Å²) in [5.74, 6) is 0.828. The molecule has 0 saturated carbocycles. The Kier molecular flexibility index (Phi) is 10.3. The van der Waals surface area contributed by atoms with Gasteiger partial charge >= 0.3 is 0 Å². The molecule has 0 atom stereocenters. The summed E-state index contributed by atoms with van der Waals surface area (Å²) in [6.07, 6.45) is 0.401. The predicted octanol–water partition coefficient (Wildman–Crippen LogP) is 7.10. The van der Waals surface area contributed by atoms with Crippen molar-refractivity contribution in [3.05, 3.63) is 102 Å². The van der Waals surface area contributed by atoms with Gasteiger partial charge in [0.25, 0.3) is 0 Å². The normalized spacial score (nSPS) is 10.3. The lowest BCUT2D eigenvalue weighted by Crippen LogP contribution is -2.02. The Morgan fingerprint density at radius 3 is 1.57 bits per heavy atom. The summed E-state index contributed by atoms with van der Waals surface area (Å²) in [6.45, 7) is 7.08. The summed E-state index contributed by atoms with van der Waals surface area (Å²) in [5, 5.41) is 0. The highest BCUT2D eigenvalue weighted by atomic mass is 31.2. The fourth-order valence-corrected chi connectivity index (χ4v) is 3.38. The highest BCUT2D eigenvalue weighted by Gasteiger charge is 2.13. The maximum Gasteiger partial charge on any atom is 0.211 e. The van der Waals surface area contributed by atoms with Gasteiger partial charge in [0, 0.05) is 0 Å². The molecule has 0 bridgehead atoms. The van der Waals surface area contributed by atoms with Crippen LogP contribution in [0.4, 0.5) is 0 Å². The van der Waals surface area contributed by atoms with Crippen molar-refractivity contribution in [2.45, 2.75) is 34.0 Å². The minimum Gasteiger partial charge on any atom is -0.484 e. The molecule has 3 rings (SSSR count). The van der Waals surface area contributed by atoms with Crippen LogP contribution in [0, 0.1) is 6.92 Å². The first-order valence-electron chi connectivity index (χ1n) is 9.60. The van der Waals surface area contributed by atoms with Gasteiger partial charge in [0.15, 0.2) is 6.35 Å². The molecule has 3 aromatic carbocycles. The fourth-order valence-electron chi connectivity index (χ4n) is 2.32. The number of ether oxygens (including phenoxy) is 1. The molecule has 0 heterocycles. The second kappa shape index (κ2) is 13.1. The smallest absolute Gasteiger partial charge is 0.211 e. The van der Waals surface area contributed by atoms with Crippen LogP contribution in [0.15, 0.2) is 84.9 Å². The van der Waals surface area contributed by atoms with Gasteiger partial charge in [-0.2, -0.15) is 0 Å². The number of hydrogen-bond donors (Lipinski definition) is 0. The third-order valence-corrected chi connectivity index (χ3v) is 4.97. The van der Waals surface area contributed by atoms with E-state index in [1.165, 1.54) is 5.56 Å². The average molecular weight is 396 g/mol. The van der Waals surface area contributed by atoms with Crippen LogP contribution in [0.2, 0.25) is 0 Å². The molecule has 0 unspecified atom stereocenters. The van der Waals surface area contributed by atoms with E-state index in [9.17, 15) is 0 Å². The Bertz CT molecular complexity index is 717. The molecule has 0 radical (unpaired) electrons. The summed E-state index contributed by atoms with van der Waals surface area (Å²) in [4.78, 5) is 0. The average Bonchev–Trinajstić information content (AvgIpc) is 2.77. The summed E-state index contributed by atoms with van der Waals surface area (Å²) >= 11 is 0. The van der Waals surface area contributed by atoms with Crippen molar-refractivity contribution >= 4 is 8.38 Å². The van der Waals surface area contributed by atoms with Crippen molar-refractivity contribution in [3.63, 3.8) is 0 Å². The second-order valence-corrected chi connectivity index (χ2v) is 7.38. The number of benzene rings is 3. The van der Waals surface area contributed by atoms with E-state index in [0.29, 0.717) is 19.6 Å². The Morgan fingerprint density at radius 2 is 1.11 bits per heavy atom. The largest absolute Gasteiger partial charge is 0.484 e. The van der Waals surface area contributed by atoms with E-state index in [2.05, 4.69) is 6.92 Å². The first-order chi connectivity index (χ1) is 13.8. The van der Waals surface area contributed by atoms with Crippen molar-refractivity contribution in [1.82, 2.24) is 0 Å². The molecule has 0 aromatic heterocycles. The van der Waals surface area contributed by atoms with Gasteiger partial charge in [0.2, 0.25) is 8.38 Å². The summed E-state index contributed by atoms with van der Waals surface area (Å²) in [5.41, 5.74) is 3.46. The predicted molar refractivity (Wildman–Crippen MR) is 117 cm³/mol. The van der Waals surface area contributed by atoms with Gasteiger partial charge < -0.3 is 13.8 Å². The number of rotatable bonds is 9. The highest BCUT2D eigenvalue weighted by molar-refractivity contribution is 7.46. The zero-order chi connectivity index (χ0) is 20.0. The van der Waals surface area contributed by atoms with E-state index in [1.807, 2.05) is 98.8 Å². The maximum atomic E-state index is 6.01. The molecule has 0 amide bonds. The standard InChI is InChI=1S/C22H23O3P.C2H6/c1-19-12-14-22(15-13-19)23-18-26(24-16-20-8-4-2-5-9-20)25-17-21-10-6-3-7-11-21;1-2/h2-15H,16-18H2,1H3;1-2H3. The molecule has 0 saturated heterocycles. The summed E-state index contributed by atoms with van der Waals surface area (Å²) < 4.78 is 17.9. The van der Waals surface area contributed by atoms with Gasteiger partial charge in [-0.1, -0.05) is 92.2 Å². The van der Waals surface area contributed by atoms with Gasteiger partial charge in [-0.15, -0.1) is 0 Å². The number of aryl methyl sites for hydroxylation is 1. The van der Waals surface area contributed by atoms with Crippen LogP contribution in [-0.4, -0.2) is 6.35 Å². The molecule has 148 valence electrons. The lowest BCUT2D eigenvalue weighted by atomic mass is 10.2. The van der Waals surface area contributed by atoms with Crippen LogP contribution in [0.5, 0.6) is 5.75 Å². The SMILES string of the molecule is CC.Cc1ccc(OCP(OCc2ccccc2)OCc2ccccc2)cc1. The van der Waals surface area contributed by atoms with Gasteiger partial charge in [-0.05, 0) is 30.2 Å². The molecule has 28 heavy (non-hydrogen) atoms. The molecule has 3 nitrogen and oxygen atoms in total. The molecule has 0 fully saturated rings. The minimum absolute atomic E-state index is 0.401. The zero-order valence-electron chi connectivity index (χ0n) is 16.9. The van der Waals surface area contributed by atoms with E-state index in [4.69, 9.17) is 13.8 Å². The Balaban J connectivity index is 0.00000136. The monoisotopic (exact) mass is 396 g/mol. The van der Waals surface area contributed by atoms with E-state index in [1.54, 1.807) is 0 Å². The van der Waals surface area contributed by atoms with Crippen LogP contribution in [0.3, 0.4) is 0 Å². The first-order valence-corrected chi connectivity index (χ1v) is 11.0.